The molecule has 0 N–H and O–H groups in total. The van der Waals surface area contributed by atoms with Crippen LogP contribution in [0.2, 0.25) is 0 Å². The van der Waals surface area contributed by atoms with Crippen molar-refractivity contribution >= 4 is 23.2 Å². The highest BCUT2D eigenvalue weighted by Gasteiger charge is 2.33. The average molecular weight is 301 g/mol. The van der Waals surface area contributed by atoms with Gasteiger partial charge in [0, 0.05) is 17.2 Å². The molecule has 0 spiro atoms. The van der Waals surface area contributed by atoms with Gasteiger partial charge in [-0.05, 0) is 42.7 Å². The van der Waals surface area contributed by atoms with Gasteiger partial charge in [0.25, 0.3) is 0 Å². The van der Waals surface area contributed by atoms with E-state index in [-0.39, 0.29) is 5.41 Å². The molecular weight excluding hydrogens is 275 g/mol. The van der Waals surface area contributed by atoms with Crippen LogP contribution in [0, 0.1) is 18.8 Å². The van der Waals surface area contributed by atoms with Gasteiger partial charge in [0.2, 0.25) is 0 Å². The molecule has 1 rings (SSSR count). The first-order valence-electron chi connectivity index (χ1n) is 7.13. The number of benzene rings is 1. The normalized spacial score (nSPS) is 13.8. The lowest BCUT2D eigenvalue weighted by Gasteiger charge is -2.34. The van der Waals surface area contributed by atoms with Crippen molar-refractivity contribution in [3.63, 3.8) is 0 Å². The van der Waals surface area contributed by atoms with Crippen LogP contribution in [0.5, 0.6) is 0 Å². The topological polar surface area (TPSA) is 0 Å². The second-order valence-corrected chi connectivity index (χ2v) is 6.84. The summed E-state index contributed by atoms with van der Waals surface area (Å²) >= 11 is 12.7. The SMILES string of the molecule is Cc1ccccc1C(CCl)(CCl)CC(C)CC(C)C. The van der Waals surface area contributed by atoms with Crippen LogP contribution in [0.4, 0.5) is 0 Å². The number of alkyl halides is 2. The first kappa shape index (κ1) is 16.9. The molecule has 0 aliphatic heterocycles. The predicted octanol–water partition coefficient (Wildman–Crippen LogP) is 5.78. The highest BCUT2D eigenvalue weighted by molar-refractivity contribution is 6.22. The fraction of sp³-hybridized carbons (Fsp3) is 0.647. The molecular formula is C17H26Cl2. The van der Waals surface area contributed by atoms with Gasteiger partial charge in [-0.25, -0.2) is 0 Å². The van der Waals surface area contributed by atoms with Gasteiger partial charge in [0.1, 0.15) is 0 Å². The van der Waals surface area contributed by atoms with E-state index in [9.17, 15) is 0 Å². The Morgan fingerprint density at radius 3 is 2.11 bits per heavy atom. The lowest BCUT2D eigenvalue weighted by Crippen LogP contribution is -2.34. The van der Waals surface area contributed by atoms with E-state index < -0.39 is 0 Å². The van der Waals surface area contributed by atoms with Crippen molar-refractivity contribution in [3.8, 4) is 0 Å². The van der Waals surface area contributed by atoms with Crippen LogP contribution in [0.3, 0.4) is 0 Å². The molecule has 108 valence electrons. The van der Waals surface area contributed by atoms with Gasteiger partial charge in [0.15, 0.2) is 0 Å². The van der Waals surface area contributed by atoms with Crippen molar-refractivity contribution in [3.05, 3.63) is 35.4 Å². The molecule has 0 radical (unpaired) electrons. The predicted molar refractivity (Wildman–Crippen MR) is 87.5 cm³/mol. The van der Waals surface area contributed by atoms with E-state index in [1.165, 1.54) is 17.5 Å². The van der Waals surface area contributed by atoms with Crippen molar-refractivity contribution in [1.29, 1.82) is 0 Å². The van der Waals surface area contributed by atoms with Crippen LogP contribution in [0.25, 0.3) is 0 Å². The van der Waals surface area contributed by atoms with Crippen molar-refractivity contribution in [1.82, 2.24) is 0 Å². The molecule has 2 heteroatoms. The molecule has 0 saturated carbocycles. The molecule has 1 unspecified atom stereocenters. The summed E-state index contributed by atoms with van der Waals surface area (Å²) in [5.41, 5.74) is 2.51. The minimum Gasteiger partial charge on any atom is -0.126 e. The highest BCUT2D eigenvalue weighted by atomic mass is 35.5. The Labute approximate surface area is 128 Å². The number of aryl methyl sites for hydroxylation is 1. The number of rotatable bonds is 7. The summed E-state index contributed by atoms with van der Waals surface area (Å²) < 4.78 is 0. The molecule has 0 aromatic heterocycles. The Morgan fingerprint density at radius 2 is 1.63 bits per heavy atom. The van der Waals surface area contributed by atoms with E-state index in [0.29, 0.717) is 17.7 Å². The van der Waals surface area contributed by atoms with Crippen molar-refractivity contribution in [2.75, 3.05) is 11.8 Å². The third kappa shape index (κ3) is 4.39. The maximum atomic E-state index is 6.33. The first-order chi connectivity index (χ1) is 8.95. The van der Waals surface area contributed by atoms with Gasteiger partial charge in [0.05, 0.1) is 0 Å². The first-order valence-corrected chi connectivity index (χ1v) is 8.20. The molecule has 0 aliphatic rings. The Bertz CT molecular complexity index is 381. The van der Waals surface area contributed by atoms with Crippen LogP contribution in [0.15, 0.2) is 24.3 Å². The Kier molecular flexibility index (Phi) is 6.69. The molecule has 1 atom stereocenters. The molecule has 1 aromatic carbocycles. The van der Waals surface area contributed by atoms with Crippen LogP contribution in [-0.2, 0) is 5.41 Å². The van der Waals surface area contributed by atoms with Gasteiger partial charge in [-0.15, -0.1) is 23.2 Å². The zero-order valence-electron chi connectivity index (χ0n) is 12.5. The molecule has 0 saturated heterocycles. The molecule has 0 heterocycles. The third-order valence-corrected chi connectivity index (χ3v) is 4.86. The van der Waals surface area contributed by atoms with E-state index >= 15 is 0 Å². The summed E-state index contributed by atoms with van der Waals surface area (Å²) in [5.74, 6) is 2.53. The average Bonchev–Trinajstić information content (AvgIpc) is 2.36. The zero-order chi connectivity index (χ0) is 14.5. The van der Waals surface area contributed by atoms with Crippen LogP contribution < -0.4 is 0 Å². The fourth-order valence-corrected chi connectivity index (χ4v) is 3.91. The minimum absolute atomic E-state index is 0.0945. The Hall–Kier alpha value is -0.200. The highest BCUT2D eigenvalue weighted by Crippen LogP contribution is 2.37. The second kappa shape index (κ2) is 7.55. The zero-order valence-corrected chi connectivity index (χ0v) is 14.1. The fourth-order valence-electron chi connectivity index (χ4n) is 3.12. The maximum Gasteiger partial charge on any atom is 0.0332 e. The molecule has 0 fully saturated rings. The van der Waals surface area contributed by atoms with E-state index in [4.69, 9.17) is 23.2 Å². The van der Waals surface area contributed by atoms with E-state index in [2.05, 4.69) is 52.0 Å². The standard InChI is InChI=1S/C17H26Cl2/c1-13(2)9-14(3)10-17(11-18,12-19)16-8-6-5-7-15(16)4/h5-8,13-14H,9-12H2,1-4H3. The summed E-state index contributed by atoms with van der Waals surface area (Å²) in [4.78, 5) is 0. The quantitative estimate of drug-likeness (QED) is 0.560. The van der Waals surface area contributed by atoms with Crippen LogP contribution in [0.1, 0.15) is 44.7 Å². The second-order valence-electron chi connectivity index (χ2n) is 6.30. The van der Waals surface area contributed by atoms with Crippen LogP contribution >= 0.6 is 23.2 Å². The minimum atomic E-state index is -0.0945. The van der Waals surface area contributed by atoms with E-state index in [0.717, 1.165) is 12.3 Å². The molecule has 0 bridgehead atoms. The summed E-state index contributed by atoms with van der Waals surface area (Å²) in [6, 6.07) is 8.49. The lowest BCUT2D eigenvalue weighted by molar-refractivity contribution is 0.336. The van der Waals surface area contributed by atoms with Crippen molar-refractivity contribution in [2.45, 2.75) is 46.0 Å². The Balaban J connectivity index is 3.00. The van der Waals surface area contributed by atoms with Gasteiger partial charge in [-0.1, -0.05) is 45.0 Å². The summed E-state index contributed by atoms with van der Waals surface area (Å²) in [5, 5.41) is 0. The molecule has 0 nitrogen and oxygen atoms in total. The molecule has 0 aliphatic carbocycles. The third-order valence-electron chi connectivity index (χ3n) is 3.84. The van der Waals surface area contributed by atoms with Crippen LogP contribution in [-0.4, -0.2) is 11.8 Å². The number of hydrogen-bond donors (Lipinski definition) is 0. The van der Waals surface area contributed by atoms with E-state index in [1.807, 2.05) is 0 Å². The summed E-state index contributed by atoms with van der Waals surface area (Å²) in [6.45, 7) is 9.00. The summed E-state index contributed by atoms with van der Waals surface area (Å²) in [6.07, 6.45) is 2.28. The van der Waals surface area contributed by atoms with Gasteiger partial charge >= 0.3 is 0 Å². The van der Waals surface area contributed by atoms with Gasteiger partial charge < -0.3 is 0 Å². The molecule has 1 aromatic rings. The number of halogens is 2. The smallest absolute Gasteiger partial charge is 0.0332 e. The lowest BCUT2D eigenvalue weighted by atomic mass is 9.74. The van der Waals surface area contributed by atoms with Crippen molar-refractivity contribution < 1.29 is 0 Å². The molecule has 0 amide bonds. The van der Waals surface area contributed by atoms with Gasteiger partial charge in [-0.2, -0.15) is 0 Å². The largest absolute Gasteiger partial charge is 0.126 e. The van der Waals surface area contributed by atoms with Gasteiger partial charge in [-0.3, -0.25) is 0 Å². The van der Waals surface area contributed by atoms with E-state index in [1.54, 1.807) is 0 Å². The summed E-state index contributed by atoms with van der Waals surface area (Å²) in [7, 11) is 0. The molecule has 19 heavy (non-hydrogen) atoms. The number of hydrogen-bond acceptors (Lipinski definition) is 0. The van der Waals surface area contributed by atoms with Crippen molar-refractivity contribution in [2.24, 2.45) is 11.8 Å². The monoisotopic (exact) mass is 300 g/mol. The Morgan fingerprint density at radius 1 is 1.05 bits per heavy atom. The maximum absolute atomic E-state index is 6.33.